The second kappa shape index (κ2) is 8.37. The topological polar surface area (TPSA) is 93.1 Å². The highest BCUT2D eigenvalue weighted by molar-refractivity contribution is 7.89. The number of carbonyl (C=O) groups is 1. The SMILES string of the molecule is CCCNS(=O)(=O)c1ccc(NC(=O)c2cnn(-c3ccccc3)c2C)cc1. The molecule has 0 saturated carbocycles. The van der Waals surface area contributed by atoms with Gasteiger partial charge in [0, 0.05) is 12.2 Å². The molecule has 0 spiro atoms. The van der Waals surface area contributed by atoms with E-state index in [4.69, 9.17) is 0 Å². The second-order valence-electron chi connectivity index (χ2n) is 6.27. The van der Waals surface area contributed by atoms with Crippen LogP contribution in [0.15, 0.2) is 65.7 Å². The number of hydrogen-bond acceptors (Lipinski definition) is 4. The first-order chi connectivity index (χ1) is 13.4. The van der Waals surface area contributed by atoms with E-state index < -0.39 is 10.0 Å². The maximum absolute atomic E-state index is 12.6. The molecule has 0 atom stereocenters. The summed E-state index contributed by atoms with van der Waals surface area (Å²) in [6, 6.07) is 15.6. The van der Waals surface area contributed by atoms with Crippen LogP contribution in [0.4, 0.5) is 5.69 Å². The van der Waals surface area contributed by atoms with Gasteiger partial charge in [0.1, 0.15) is 0 Å². The fraction of sp³-hybridized carbons (Fsp3) is 0.200. The molecule has 1 amide bonds. The highest BCUT2D eigenvalue weighted by atomic mass is 32.2. The second-order valence-corrected chi connectivity index (χ2v) is 8.03. The summed E-state index contributed by atoms with van der Waals surface area (Å²) in [6.07, 6.45) is 2.23. The molecule has 2 aromatic carbocycles. The number of nitrogens with one attached hydrogen (secondary N) is 2. The zero-order chi connectivity index (χ0) is 20.1. The van der Waals surface area contributed by atoms with Crippen LogP contribution >= 0.6 is 0 Å². The molecule has 0 aliphatic heterocycles. The van der Waals surface area contributed by atoms with Gasteiger partial charge in [0.15, 0.2) is 0 Å². The van der Waals surface area contributed by atoms with Crippen LogP contribution in [0.2, 0.25) is 0 Å². The summed E-state index contributed by atoms with van der Waals surface area (Å²) in [6.45, 7) is 4.10. The monoisotopic (exact) mass is 398 g/mol. The number of benzene rings is 2. The molecule has 0 aliphatic rings. The molecule has 3 rings (SSSR count). The maximum atomic E-state index is 12.6. The van der Waals surface area contributed by atoms with Crippen molar-refractivity contribution in [3.63, 3.8) is 0 Å². The van der Waals surface area contributed by atoms with Gasteiger partial charge >= 0.3 is 0 Å². The van der Waals surface area contributed by atoms with Crippen LogP contribution in [-0.2, 0) is 10.0 Å². The van der Waals surface area contributed by atoms with Gasteiger partial charge in [0.05, 0.1) is 28.0 Å². The average Bonchev–Trinajstić information content (AvgIpc) is 3.09. The average molecular weight is 398 g/mol. The first-order valence-electron chi connectivity index (χ1n) is 8.93. The van der Waals surface area contributed by atoms with Crippen LogP contribution in [0, 0.1) is 6.92 Å². The minimum atomic E-state index is -3.53. The lowest BCUT2D eigenvalue weighted by Gasteiger charge is -2.08. The summed E-state index contributed by atoms with van der Waals surface area (Å²) in [5.41, 5.74) is 2.54. The number of nitrogens with zero attached hydrogens (tertiary/aromatic N) is 2. The molecule has 1 aromatic heterocycles. The fourth-order valence-corrected chi connectivity index (χ4v) is 3.83. The number of para-hydroxylation sites is 1. The number of sulfonamides is 1. The quantitative estimate of drug-likeness (QED) is 0.639. The normalized spacial score (nSPS) is 11.4. The van der Waals surface area contributed by atoms with Crippen molar-refractivity contribution in [3.05, 3.63) is 72.1 Å². The Morgan fingerprint density at radius 2 is 1.75 bits per heavy atom. The number of amides is 1. The van der Waals surface area contributed by atoms with E-state index in [1.54, 1.807) is 16.8 Å². The van der Waals surface area contributed by atoms with Crippen LogP contribution in [0.25, 0.3) is 5.69 Å². The Morgan fingerprint density at radius 1 is 1.07 bits per heavy atom. The summed E-state index contributed by atoms with van der Waals surface area (Å²) >= 11 is 0. The minimum Gasteiger partial charge on any atom is -0.322 e. The largest absolute Gasteiger partial charge is 0.322 e. The van der Waals surface area contributed by atoms with Crippen LogP contribution in [-0.4, -0.2) is 30.7 Å². The third-order valence-electron chi connectivity index (χ3n) is 4.22. The van der Waals surface area contributed by atoms with Gasteiger partial charge in [-0.1, -0.05) is 25.1 Å². The molecule has 0 fully saturated rings. The highest BCUT2D eigenvalue weighted by Gasteiger charge is 2.16. The number of aromatic nitrogens is 2. The Morgan fingerprint density at radius 3 is 2.39 bits per heavy atom. The molecule has 28 heavy (non-hydrogen) atoms. The van der Waals surface area contributed by atoms with E-state index in [1.807, 2.05) is 44.2 Å². The Balaban J connectivity index is 1.74. The number of carbonyl (C=O) groups excluding carboxylic acids is 1. The van der Waals surface area contributed by atoms with Crippen molar-refractivity contribution in [3.8, 4) is 5.69 Å². The van der Waals surface area contributed by atoms with E-state index >= 15 is 0 Å². The molecular formula is C20H22N4O3S. The molecule has 8 heteroatoms. The molecule has 0 radical (unpaired) electrons. The van der Waals surface area contributed by atoms with Crippen molar-refractivity contribution in [2.24, 2.45) is 0 Å². The molecule has 2 N–H and O–H groups in total. The molecule has 0 bridgehead atoms. The molecule has 146 valence electrons. The fourth-order valence-electron chi connectivity index (χ4n) is 2.70. The Labute approximate surface area is 164 Å². The summed E-state index contributed by atoms with van der Waals surface area (Å²) in [4.78, 5) is 12.8. The van der Waals surface area contributed by atoms with E-state index in [0.717, 1.165) is 5.69 Å². The smallest absolute Gasteiger partial charge is 0.259 e. The molecular weight excluding hydrogens is 376 g/mol. The zero-order valence-corrected chi connectivity index (χ0v) is 16.5. The van der Waals surface area contributed by atoms with E-state index in [2.05, 4.69) is 15.1 Å². The standard InChI is InChI=1S/C20H22N4O3S/c1-3-13-22-28(26,27)18-11-9-16(10-12-18)23-20(25)19-14-21-24(15(19)2)17-7-5-4-6-8-17/h4-12,14,22H,3,13H2,1-2H3,(H,23,25). The lowest BCUT2D eigenvalue weighted by molar-refractivity contribution is 0.102. The molecule has 0 saturated heterocycles. The van der Waals surface area contributed by atoms with Crippen molar-refractivity contribution >= 4 is 21.6 Å². The van der Waals surface area contributed by atoms with Crippen LogP contribution in [0.5, 0.6) is 0 Å². The third-order valence-corrected chi connectivity index (χ3v) is 5.70. The first kappa shape index (κ1) is 19.8. The van der Waals surface area contributed by atoms with Gasteiger partial charge in [-0.3, -0.25) is 4.79 Å². The van der Waals surface area contributed by atoms with Gasteiger partial charge in [-0.05, 0) is 49.7 Å². The maximum Gasteiger partial charge on any atom is 0.259 e. The molecule has 3 aromatic rings. The minimum absolute atomic E-state index is 0.159. The van der Waals surface area contributed by atoms with E-state index in [-0.39, 0.29) is 10.8 Å². The lowest BCUT2D eigenvalue weighted by Crippen LogP contribution is -2.24. The van der Waals surface area contributed by atoms with Crippen LogP contribution in [0.1, 0.15) is 29.4 Å². The molecule has 0 unspecified atom stereocenters. The van der Waals surface area contributed by atoms with Crippen molar-refractivity contribution in [1.82, 2.24) is 14.5 Å². The number of rotatable bonds is 7. The summed E-state index contributed by atoms with van der Waals surface area (Å²) in [7, 11) is -3.53. The van der Waals surface area contributed by atoms with Gasteiger partial charge in [0.2, 0.25) is 10.0 Å². The van der Waals surface area contributed by atoms with E-state index in [0.29, 0.717) is 29.9 Å². The summed E-state index contributed by atoms with van der Waals surface area (Å²) < 4.78 is 28.4. The van der Waals surface area contributed by atoms with Crippen molar-refractivity contribution < 1.29 is 13.2 Å². The van der Waals surface area contributed by atoms with Gasteiger partial charge in [0.25, 0.3) is 5.91 Å². The van der Waals surface area contributed by atoms with E-state index in [1.165, 1.54) is 18.3 Å². The molecule has 0 aliphatic carbocycles. The van der Waals surface area contributed by atoms with Crippen molar-refractivity contribution in [2.75, 3.05) is 11.9 Å². The Kier molecular flexibility index (Phi) is 5.91. The number of anilines is 1. The van der Waals surface area contributed by atoms with Crippen LogP contribution < -0.4 is 10.0 Å². The summed E-state index contributed by atoms with van der Waals surface area (Å²) in [5.74, 6) is -0.306. The van der Waals surface area contributed by atoms with Gasteiger partial charge in [-0.2, -0.15) is 5.10 Å². The Bertz CT molecular complexity index is 1060. The first-order valence-corrected chi connectivity index (χ1v) is 10.4. The zero-order valence-electron chi connectivity index (χ0n) is 15.7. The molecule has 1 heterocycles. The van der Waals surface area contributed by atoms with Crippen molar-refractivity contribution in [2.45, 2.75) is 25.2 Å². The molecule has 7 nitrogen and oxygen atoms in total. The predicted octanol–water partition coefficient (Wildman–Crippen LogP) is 3.12. The lowest BCUT2D eigenvalue weighted by atomic mass is 10.2. The highest BCUT2D eigenvalue weighted by Crippen LogP contribution is 2.18. The number of hydrogen-bond donors (Lipinski definition) is 2. The van der Waals surface area contributed by atoms with E-state index in [9.17, 15) is 13.2 Å². The Hall–Kier alpha value is -2.97. The van der Waals surface area contributed by atoms with Crippen molar-refractivity contribution in [1.29, 1.82) is 0 Å². The predicted molar refractivity (Wildman–Crippen MR) is 108 cm³/mol. The third kappa shape index (κ3) is 4.29. The summed E-state index contributed by atoms with van der Waals surface area (Å²) in [5, 5.41) is 7.07. The van der Waals surface area contributed by atoms with Gasteiger partial charge in [-0.25, -0.2) is 17.8 Å². The van der Waals surface area contributed by atoms with Gasteiger partial charge < -0.3 is 5.32 Å². The van der Waals surface area contributed by atoms with Gasteiger partial charge in [-0.15, -0.1) is 0 Å². The van der Waals surface area contributed by atoms with Crippen LogP contribution in [0.3, 0.4) is 0 Å².